The van der Waals surface area contributed by atoms with Crippen LogP contribution in [0.5, 0.6) is 0 Å². The first-order chi connectivity index (χ1) is 13.1. The van der Waals surface area contributed by atoms with Crippen molar-refractivity contribution in [1.82, 2.24) is 14.7 Å². The number of benzene rings is 1. The highest BCUT2D eigenvalue weighted by atomic mass is 19.4. The van der Waals surface area contributed by atoms with Gasteiger partial charge in [0.05, 0.1) is 17.2 Å². The SMILES string of the molecule is CC(C)CN1C[C@@H]2C[C@@H](O)CN2C2(C1)CN(Cc1ccc(C(F)(F)F)cc1)C2. The van der Waals surface area contributed by atoms with E-state index in [0.717, 1.165) is 51.3 Å². The monoisotopic (exact) mass is 397 g/mol. The highest BCUT2D eigenvalue weighted by molar-refractivity contribution is 5.25. The van der Waals surface area contributed by atoms with Crippen LogP contribution in [0.3, 0.4) is 0 Å². The largest absolute Gasteiger partial charge is 0.416 e. The Bertz CT molecular complexity index is 685. The topological polar surface area (TPSA) is 30.0 Å². The van der Waals surface area contributed by atoms with Crippen LogP contribution in [-0.4, -0.2) is 76.8 Å². The summed E-state index contributed by atoms with van der Waals surface area (Å²) in [5.41, 5.74) is 0.388. The van der Waals surface area contributed by atoms with Gasteiger partial charge in [0.25, 0.3) is 0 Å². The van der Waals surface area contributed by atoms with Crippen molar-refractivity contribution in [3.05, 3.63) is 35.4 Å². The molecular weight excluding hydrogens is 367 g/mol. The first-order valence-corrected chi connectivity index (χ1v) is 10.2. The highest BCUT2D eigenvalue weighted by Crippen LogP contribution is 2.39. The summed E-state index contributed by atoms with van der Waals surface area (Å²) in [7, 11) is 0. The standard InChI is InChI=1S/C21H30F3N3O/c1-15(2)8-25-10-18-7-19(28)11-27(18)20(12-25)13-26(14-20)9-16-3-5-17(6-4-16)21(22,23)24/h3-6,15,18-19,28H,7-14H2,1-2H3/t18-,19+/m0/s1. The van der Waals surface area contributed by atoms with Crippen LogP contribution in [-0.2, 0) is 12.7 Å². The van der Waals surface area contributed by atoms with Gasteiger partial charge in [-0.15, -0.1) is 0 Å². The van der Waals surface area contributed by atoms with Crippen molar-refractivity contribution in [2.45, 2.75) is 50.7 Å². The summed E-state index contributed by atoms with van der Waals surface area (Å²) in [5, 5.41) is 10.2. The zero-order valence-corrected chi connectivity index (χ0v) is 16.6. The number of β-amino-alcohol motifs (C(OH)–C–C–N with tert-alkyl or cyclic N) is 1. The van der Waals surface area contributed by atoms with E-state index in [-0.39, 0.29) is 11.6 Å². The minimum Gasteiger partial charge on any atom is -0.392 e. The van der Waals surface area contributed by atoms with Gasteiger partial charge in [0, 0.05) is 51.9 Å². The van der Waals surface area contributed by atoms with Crippen molar-refractivity contribution < 1.29 is 18.3 Å². The van der Waals surface area contributed by atoms with Crippen LogP contribution in [0, 0.1) is 5.92 Å². The molecule has 0 aromatic heterocycles. The average molecular weight is 397 g/mol. The molecule has 4 rings (SSSR count). The van der Waals surface area contributed by atoms with Crippen molar-refractivity contribution in [1.29, 1.82) is 0 Å². The van der Waals surface area contributed by atoms with Crippen molar-refractivity contribution in [2.75, 3.05) is 39.3 Å². The second kappa shape index (κ2) is 7.27. The molecule has 0 unspecified atom stereocenters. The maximum Gasteiger partial charge on any atom is 0.416 e. The van der Waals surface area contributed by atoms with E-state index in [0.29, 0.717) is 18.5 Å². The molecule has 1 aromatic carbocycles. The van der Waals surface area contributed by atoms with Crippen LogP contribution in [0.25, 0.3) is 0 Å². The third kappa shape index (κ3) is 3.95. The Morgan fingerprint density at radius 1 is 1.07 bits per heavy atom. The first kappa shape index (κ1) is 20.1. The molecule has 3 heterocycles. The minimum atomic E-state index is -4.28. The van der Waals surface area contributed by atoms with Gasteiger partial charge in [-0.1, -0.05) is 26.0 Å². The fourth-order valence-corrected chi connectivity index (χ4v) is 5.41. The molecule has 2 atom stereocenters. The molecule has 1 N–H and O–H groups in total. The number of alkyl halides is 3. The van der Waals surface area contributed by atoms with Crippen LogP contribution in [0.4, 0.5) is 13.2 Å². The molecular formula is C21H30F3N3O. The van der Waals surface area contributed by atoms with Crippen LogP contribution in [0.15, 0.2) is 24.3 Å². The van der Waals surface area contributed by atoms with Gasteiger partial charge in [0.2, 0.25) is 0 Å². The fourth-order valence-electron chi connectivity index (χ4n) is 5.41. The third-order valence-corrected chi connectivity index (χ3v) is 6.34. The van der Waals surface area contributed by atoms with E-state index >= 15 is 0 Å². The summed E-state index contributed by atoms with van der Waals surface area (Å²) in [4.78, 5) is 7.36. The lowest BCUT2D eigenvalue weighted by Crippen LogP contribution is -2.77. The first-order valence-electron chi connectivity index (χ1n) is 10.2. The summed E-state index contributed by atoms with van der Waals surface area (Å²) >= 11 is 0. The van der Waals surface area contributed by atoms with Gasteiger partial charge < -0.3 is 5.11 Å². The molecule has 0 radical (unpaired) electrons. The summed E-state index contributed by atoms with van der Waals surface area (Å²) < 4.78 is 38.2. The van der Waals surface area contributed by atoms with Gasteiger partial charge >= 0.3 is 6.18 Å². The quantitative estimate of drug-likeness (QED) is 0.846. The normalized spacial score (nSPS) is 28.7. The lowest BCUT2D eigenvalue weighted by Gasteiger charge is -2.61. The lowest BCUT2D eigenvalue weighted by molar-refractivity contribution is -0.137. The van der Waals surface area contributed by atoms with E-state index in [1.807, 2.05) is 0 Å². The second-order valence-corrected chi connectivity index (χ2v) is 9.35. The molecule has 0 amide bonds. The Morgan fingerprint density at radius 3 is 2.32 bits per heavy atom. The van der Waals surface area contributed by atoms with Gasteiger partial charge in [-0.25, -0.2) is 0 Å². The molecule has 3 aliphatic rings. The number of aliphatic hydroxyl groups is 1. The summed E-state index contributed by atoms with van der Waals surface area (Å²) in [6, 6.07) is 5.92. The number of piperazine rings is 1. The molecule has 1 aromatic rings. The van der Waals surface area contributed by atoms with Gasteiger partial charge in [0.15, 0.2) is 0 Å². The smallest absolute Gasteiger partial charge is 0.392 e. The summed E-state index contributed by atoms with van der Waals surface area (Å²) in [6.45, 7) is 10.8. The van der Waals surface area contributed by atoms with E-state index in [2.05, 4.69) is 28.5 Å². The maximum atomic E-state index is 12.7. The zero-order chi connectivity index (χ0) is 20.1. The van der Waals surface area contributed by atoms with Gasteiger partial charge in [-0.05, 0) is 30.0 Å². The molecule has 0 bridgehead atoms. The number of aliphatic hydroxyl groups excluding tert-OH is 1. The summed E-state index contributed by atoms with van der Waals surface area (Å²) in [5.74, 6) is 0.609. The Labute approximate surface area is 164 Å². The summed E-state index contributed by atoms with van der Waals surface area (Å²) in [6.07, 6.45) is -3.69. The molecule has 28 heavy (non-hydrogen) atoms. The molecule has 7 heteroatoms. The Kier molecular flexibility index (Phi) is 5.23. The Morgan fingerprint density at radius 2 is 1.71 bits per heavy atom. The number of likely N-dealkylation sites (tertiary alicyclic amines) is 1. The predicted molar refractivity (Wildman–Crippen MR) is 102 cm³/mol. The van der Waals surface area contributed by atoms with Crippen molar-refractivity contribution in [3.63, 3.8) is 0 Å². The molecule has 3 fully saturated rings. The number of fused-ring (bicyclic) bond motifs is 2. The van der Waals surface area contributed by atoms with Crippen LogP contribution < -0.4 is 0 Å². The van der Waals surface area contributed by atoms with E-state index in [4.69, 9.17) is 0 Å². The fraction of sp³-hybridized carbons (Fsp3) is 0.714. The molecule has 3 aliphatic heterocycles. The molecule has 4 nitrogen and oxygen atoms in total. The molecule has 156 valence electrons. The minimum absolute atomic E-state index is 0.0706. The van der Waals surface area contributed by atoms with E-state index in [9.17, 15) is 18.3 Å². The van der Waals surface area contributed by atoms with Crippen molar-refractivity contribution in [3.8, 4) is 0 Å². The molecule has 0 saturated carbocycles. The van der Waals surface area contributed by atoms with E-state index < -0.39 is 11.7 Å². The number of hydrogen-bond acceptors (Lipinski definition) is 4. The Hall–Kier alpha value is -1.15. The molecule has 0 aliphatic carbocycles. The van der Waals surface area contributed by atoms with Crippen molar-refractivity contribution in [2.24, 2.45) is 5.92 Å². The number of hydrogen-bond donors (Lipinski definition) is 1. The van der Waals surface area contributed by atoms with E-state index in [1.54, 1.807) is 12.1 Å². The Balaban J connectivity index is 1.41. The number of nitrogens with zero attached hydrogens (tertiary/aromatic N) is 3. The number of rotatable bonds is 4. The van der Waals surface area contributed by atoms with Gasteiger partial charge in [-0.3, -0.25) is 14.7 Å². The van der Waals surface area contributed by atoms with Gasteiger partial charge in [-0.2, -0.15) is 13.2 Å². The maximum absolute atomic E-state index is 12.7. The van der Waals surface area contributed by atoms with Crippen LogP contribution >= 0.6 is 0 Å². The zero-order valence-electron chi connectivity index (χ0n) is 16.6. The second-order valence-electron chi connectivity index (χ2n) is 9.35. The average Bonchev–Trinajstić information content (AvgIpc) is 2.93. The molecule has 3 saturated heterocycles. The van der Waals surface area contributed by atoms with Crippen molar-refractivity contribution >= 4 is 0 Å². The van der Waals surface area contributed by atoms with Crippen LogP contribution in [0.2, 0.25) is 0 Å². The third-order valence-electron chi connectivity index (χ3n) is 6.34. The number of halogens is 3. The van der Waals surface area contributed by atoms with Crippen LogP contribution in [0.1, 0.15) is 31.4 Å². The molecule has 1 spiro atoms. The lowest BCUT2D eigenvalue weighted by atomic mass is 9.83. The predicted octanol–water partition coefficient (Wildman–Crippen LogP) is 2.67. The van der Waals surface area contributed by atoms with Gasteiger partial charge in [0.1, 0.15) is 0 Å². The van der Waals surface area contributed by atoms with E-state index in [1.165, 1.54) is 12.1 Å². The highest BCUT2D eigenvalue weighted by Gasteiger charge is 2.55.